The lowest BCUT2D eigenvalue weighted by Gasteiger charge is -2.08. The number of halogens is 4. The number of hydrogen-bond donors (Lipinski definition) is 1. The second kappa shape index (κ2) is 5.48. The molecule has 2 rings (SSSR count). The number of H-pyrrole nitrogens is 1. The standard InChI is InChI=1S/C10H4BrCl3N2O2/c11-8-9(17)15-3-16-10(8)18-7-2-5(13)4(12)1-6(7)14/h1-3H,(H,15,16,17). The zero-order chi connectivity index (χ0) is 13.3. The zero-order valence-electron chi connectivity index (χ0n) is 8.51. The topological polar surface area (TPSA) is 55.0 Å². The Hall–Kier alpha value is -0.750. The summed E-state index contributed by atoms with van der Waals surface area (Å²) in [6, 6.07) is 2.89. The first-order valence-electron chi connectivity index (χ1n) is 4.54. The van der Waals surface area contributed by atoms with Gasteiger partial charge in [0.15, 0.2) is 0 Å². The largest absolute Gasteiger partial charge is 0.436 e. The fourth-order valence-corrected chi connectivity index (χ4v) is 2.00. The summed E-state index contributed by atoms with van der Waals surface area (Å²) >= 11 is 20.7. The second-order valence-electron chi connectivity index (χ2n) is 3.15. The SMILES string of the molecule is O=c1[nH]cnc(Oc2cc(Cl)c(Cl)cc2Cl)c1Br. The van der Waals surface area contributed by atoms with Crippen LogP contribution in [-0.2, 0) is 0 Å². The van der Waals surface area contributed by atoms with Crippen LogP contribution in [0.2, 0.25) is 15.1 Å². The molecule has 0 radical (unpaired) electrons. The minimum atomic E-state index is -0.365. The number of nitrogens with zero attached hydrogens (tertiary/aromatic N) is 1. The molecule has 0 saturated heterocycles. The van der Waals surface area contributed by atoms with Crippen molar-refractivity contribution in [3.05, 3.63) is 48.4 Å². The number of aromatic nitrogens is 2. The monoisotopic (exact) mass is 368 g/mol. The first kappa shape index (κ1) is 13.7. The van der Waals surface area contributed by atoms with Crippen LogP contribution in [0.15, 0.2) is 27.7 Å². The van der Waals surface area contributed by atoms with E-state index in [0.29, 0.717) is 5.02 Å². The van der Waals surface area contributed by atoms with Gasteiger partial charge in [0.25, 0.3) is 5.56 Å². The van der Waals surface area contributed by atoms with Crippen LogP contribution in [0.5, 0.6) is 11.6 Å². The predicted octanol–water partition coefficient (Wildman–Crippen LogP) is 4.28. The van der Waals surface area contributed by atoms with Gasteiger partial charge in [-0.3, -0.25) is 4.79 Å². The zero-order valence-corrected chi connectivity index (χ0v) is 12.4. The van der Waals surface area contributed by atoms with Crippen molar-refractivity contribution >= 4 is 50.7 Å². The van der Waals surface area contributed by atoms with Crippen LogP contribution in [0.25, 0.3) is 0 Å². The van der Waals surface area contributed by atoms with E-state index in [1.54, 1.807) is 0 Å². The van der Waals surface area contributed by atoms with Gasteiger partial charge in [0.2, 0.25) is 5.88 Å². The van der Waals surface area contributed by atoms with Crippen LogP contribution in [0, 0.1) is 0 Å². The van der Waals surface area contributed by atoms with Crippen molar-refractivity contribution in [2.45, 2.75) is 0 Å². The smallest absolute Gasteiger partial charge is 0.268 e. The van der Waals surface area contributed by atoms with Crippen molar-refractivity contribution in [2.24, 2.45) is 0 Å². The Morgan fingerprint density at radius 1 is 1.17 bits per heavy atom. The summed E-state index contributed by atoms with van der Waals surface area (Å²) in [6.45, 7) is 0. The van der Waals surface area contributed by atoms with E-state index in [0.717, 1.165) is 0 Å². The van der Waals surface area contributed by atoms with Gasteiger partial charge < -0.3 is 9.72 Å². The maximum atomic E-state index is 11.3. The molecule has 0 atom stereocenters. The maximum absolute atomic E-state index is 11.3. The third-order valence-corrected chi connectivity index (χ3v) is 3.66. The van der Waals surface area contributed by atoms with Crippen LogP contribution in [0.3, 0.4) is 0 Å². The van der Waals surface area contributed by atoms with Gasteiger partial charge in [0.1, 0.15) is 10.2 Å². The number of ether oxygens (including phenoxy) is 1. The minimum Gasteiger partial charge on any atom is -0.436 e. The van der Waals surface area contributed by atoms with Gasteiger partial charge in [-0.25, -0.2) is 4.98 Å². The number of aromatic amines is 1. The van der Waals surface area contributed by atoms with Gasteiger partial charge in [0, 0.05) is 6.07 Å². The van der Waals surface area contributed by atoms with E-state index in [1.165, 1.54) is 18.5 Å². The maximum Gasteiger partial charge on any atom is 0.268 e. The van der Waals surface area contributed by atoms with Crippen molar-refractivity contribution in [1.82, 2.24) is 9.97 Å². The number of rotatable bonds is 2. The third-order valence-electron chi connectivity index (χ3n) is 1.95. The Morgan fingerprint density at radius 3 is 2.56 bits per heavy atom. The van der Waals surface area contributed by atoms with E-state index in [-0.39, 0.29) is 31.7 Å². The lowest BCUT2D eigenvalue weighted by atomic mass is 10.3. The molecule has 0 saturated carbocycles. The highest BCUT2D eigenvalue weighted by molar-refractivity contribution is 9.10. The summed E-state index contributed by atoms with van der Waals surface area (Å²) in [6.07, 6.45) is 1.22. The summed E-state index contributed by atoms with van der Waals surface area (Å²) in [4.78, 5) is 17.6. The molecule has 1 heterocycles. The molecule has 0 bridgehead atoms. The number of benzene rings is 1. The highest BCUT2D eigenvalue weighted by atomic mass is 79.9. The molecule has 0 aliphatic heterocycles. The van der Waals surface area contributed by atoms with E-state index < -0.39 is 0 Å². The fourth-order valence-electron chi connectivity index (χ4n) is 1.12. The molecular weight excluding hydrogens is 366 g/mol. The molecule has 0 aliphatic rings. The summed E-state index contributed by atoms with van der Waals surface area (Å²) in [5, 5.41) is 0.863. The molecule has 0 spiro atoms. The Bertz CT molecular complexity index is 660. The van der Waals surface area contributed by atoms with Crippen molar-refractivity contribution < 1.29 is 4.74 Å². The highest BCUT2D eigenvalue weighted by Gasteiger charge is 2.12. The van der Waals surface area contributed by atoms with Crippen LogP contribution in [-0.4, -0.2) is 9.97 Å². The molecule has 0 unspecified atom stereocenters. The van der Waals surface area contributed by atoms with Crippen molar-refractivity contribution in [1.29, 1.82) is 0 Å². The Morgan fingerprint density at radius 2 is 1.83 bits per heavy atom. The van der Waals surface area contributed by atoms with Crippen LogP contribution in [0.1, 0.15) is 0 Å². The molecule has 0 aliphatic carbocycles. The third kappa shape index (κ3) is 2.80. The van der Waals surface area contributed by atoms with Crippen LogP contribution < -0.4 is 10.3 Å². The Labute approximate surface area is 125 Å². The Balaban J connectivity index is 2.43. The quantitative estimate of drug-likeness (QED) is 0.803. The molecule has 1 N–H and O–H groups in total. The molecule has 1 aromatic heterocycles. The average molecular weight is 370 g/mol. The molecule has 18 heavy (non-hydrogen) atoms. The lowest BCUT2D eigenvalue weighted by Crippen LogP contribution is -2.08. The van der Waals surface area contributed by atoms with Crippen molar-refractivity contribution in [2.75, 3.05) is 0 Å². The van der Waals surface area contributed by atoms with E-state index in [9.17, 15) is 4.79 Å². The molecule has 94 valence electrons. The minimum absolute atomic E-state index is 0.0824. The molecule has 1 aromatic carbocycles. The summed E-state index contributed by atoms with van der Waals surface area (Å²) in [5.74, 6) is 0.337. The highest BCUT2D eigenvalue weighted by Crippen LogP contribution is 2.36. The molecule has 8 heteroatoms. The van der Waals surface area contributed by atoms with E-state index in [4.69, 9.17) is 39.5 Å². The summed E-state index contributed by atoms with van der Waals surface area (Å²) < 4.78 is 5.56. The molecule has 2 aromatic rings. The fraction of sp³-hybridized carbons (Fsp3) is 0. The molecule has 0 fully saturated rings. The molecular formula is C10H4BrCl3N2O2. The van der Waals surface area contributed by atoms with Gasteiger partial charge >= 0.3 is 0 Å². The van der Waals surface area contributed by atoms with E-state index in [1.807, 2.05) is 0 Å². The lowest BCUT2D eigenvalue weighted by molar-refractivity contribution is 0.457. The Kier molecular flexibility index (Phi) is 4.17. The summed E-state index contributed by atoms with van der Waals surface area (Å²) in [7, 11) is 0. The van der Waals surface area contributed by atoms with Gasteiger partial charge in [-0.15, -0.1) is 0 Å². The first-order valence-corrected chi connectivity index (χ1v) is 6.47. The van der Waals surface area contributed by atoms with Gasteiger partial charge in [-0.1, -0.05) is 34.8 Å². The van der Waals surface area contributed by atoms with Crippen molar-refractivity contribution in [3.8, 4) is 11.6 Å². The first-order chi connectivity index (χ1) is 8.49. The summed E-state index contributed by atoms with van der Waals surface area (Å²) in [5.41, 5.74) is -0.365. The van der Waals surface area contributed by atoms with Crippen LogP contribution in [0.4, 0.5) is 0 Å². The second-order valence-corrected chi connectivity index (χ2v) is 5.16. The van der Waals surface area contributed by atoms with Crippen LogP contribution >= 0.6 is 50.7 Å². The predicted molar refractivity (Wildman–Crippen MR) is 74.1 cm³/mol. The average Bonchev–Trinajstić information content (AvgIpc) is 2.32. The number of nitrogens with one attached hydrogen (secondary N) is 1. The van der Waals surface area contributed by atoms with E-state index in [2.05, 4.69) is 25.9 Å². The molecule has 4 nitrogen and oxygen atoms in total. The van der Waals surface area contributed by atoms with Gasteiger partial charge in [-0.05, 0) is 22.0 Å². The normalized spacial score (nSPS) is 10.4. The van der Waals surface area contributed by atoms with Crippen molar-refractivity contribution in [3.63, 3.8) is 0 Å². The van der Waals surface area contributed by atoms with Gasteiger partial charge in [0.05, 0.1) is 21.4 Å². The van der Waals surface area contributed by atoms with E-state index >= 15 is 0 Å². The molecule has 0 amide bonds. The number of hydrogen-bond acceptors (Lipinski definition) is 3. The van der Waals surface area contributed by atoms with Gasteiger partial charge in [-0.2, -0.15) is 0 Å².